The Hall–Kier alpha value is -2.16. The van der Waals surface area contributed by atoms with E-state index in [-0.39, 0.29) is 30.7 Å². The molecule has 0 aromatic carbocycles. The normalized spacial score (nSPS) is 15.5. The lowest BCUT2D eigenvalue weighted by Gasteiger charge is -2.26. The number of nitrogens with two attached hydrogens (primary N) is 1. The molecule has 0 bridgehead atoms. The lowest BCUT2D eigenvalue weighted by molar-refractivity contribution is -0.142. The zero-order chi connectivity index (χ0) is 22.0. The molecule has 9 heteroatoms. The van der Waals surface area contributed by atoms with Gasteiger partial charge in [-0.15, -0.1) is 0 Å². The van der Waals surface area contributed by atoms with Crippen LogP contribution in [0.2, 0.25) is 0 Å². The van der Waals surface area contributed by atoms with E-state index in [0.29, 0.717) is 6.42 Å². The smallest absolute Gasteiger partial charge is 0.326 e. The highest BCUT2D eigenvalue weighted by Gasteiger charge is 2.29. The van der Waals surface area contributed by atoms with E-state index in [1.807, 2.05) is 41.5 Å². The number of aliphatic carboxylic acids is 1. The Morgan fingerprint density at radius 1 is 0.964 bits per heavy atom. The van der Waals surface area contributed by atoms with Crippen molar-refractivity contribution >= 4 is 23.7 Å². The lowest BCUT2D eigenvalue weighted by Crippen LogP contribution is -2.56. The van der Waals surface area contributed by atoms with Gasteiger partial charge in [-0.2, -0.15) is 0 Å². The number of amides is 3. The highest BCUT2D eigenvalue weighted by molar-refractivity contribution is 5.92. The summed E-state index contributed by atoms with van der Waals surface area (Å²) in [5.74, 6) is -2.83. The van der Waals surface area contributed by atoms with E-state index in [1.165, 1.54) is 0 Å². The fourth-order valence-corrected chi connectivity index (χ4v) is 2.47. The van der Waals surface area contributed by atoms with E-state index in [4.69, 9.17) is 5.73 Å². The zero-order valence-electron chi connectivity index (χ0n) is 17.7. The molecule has 0 saturated heterocycles. The highest BCUT2D eigenvalue weighted by atomic mass is 16.4. The lowest BCUT2D eigenvalue weighted by atomic mass is 9.96. The number of carboxylic acid groups (broad SMARTS) is 1. The highest BCUT2D eigenvalue weighted by Crippen LogP contribution is 2.09. The van der Waals surface area contributed by atoms with Crippen molar-refractivity contribution in [1.82, 2.24) is 16.0 Å². The third-order valence-corrected chi connectivity index (χ3v) is 4.58. The number of carbonyl (C=O) groups is 4. The third-order valence-electron chi connectivity index (χ3n) is 4.58. The first-order valence-corrected chi connectivity index (χ1v) is 9.76. The van der Waals surface area contributed by atoms with E-state index in [1.54, 1.807) is 0 Å². The molecule has 28 heavy (non-hydrogen) atoms. The molecule has 0 aliphatic heterocycles. The number of hydrogen-bond donors (Lipinski definition) is 5. The molecule has 0 aliphatic rings. The summed E-state index contributed by atoms with van der Waals surface area (Å²) >= 11 is 0. The first-order valence-electron chi connectivity index (χ1n) is 9.76. The molecule has 0 radical (unpaired) electrons. The second kappa shape index (κ2) is 12.3. The summed E-state index contributed by atoms with van der Waals surface area (Å²) in [7, 11) is 0. The number of carbonyl (C=O) groups excluding carboxylic acids is 3. The van der Waals surface area contributed by atoms with E-state index >= 15 is 0 Å². The molecule has 0 rings (SSSR count). The molecule has 0 fully saturated rings. The predicted octanol–water partition coefficient (Wildman–Crippen LogP) is 0.232. The molecule has 0 aliphatic carbocycles. The zero-order valence-corrected chi connectivity index (χ0v) is 17.7. The second-order valence-electron chi connectivity index (χ2n) is 7.95. The monoisotopic (exact) mass is 400 g/mol. The Bertz CT molecular complexity index is 550. The van der Waals surface area contributed by atoms with Crippen molar-refractivity contribution in [1.29, 1.82) is 0 Å². The van der Waals surface area contributed by atoms with Gasteiger partial charge in [-0.05, 0) is 24.2 Å². The average Bonchev–Trinajstić information content (AvgIpc) is 2.61. The Labute approximate surface area is 167 Å². The number of carboxylic acids is 1. The van der Waals surface area contributed by atoms with Crippen molar-refractivity contribution < 1.29 is 24.3 Å². The van der Waals surface area contributed by atoms with Crippen molar-refractivity contribution in [2.24, 2.45) is 23.5 Å². The third kappa shape index (κ3) is 9.16. The van der Waals surface area contributed by atoms with E-state index in [2.05, 4.69) is 16.0 Å². The largest absolute Gasteiger partial charge is 0.480 e. The standard InChI is InChI=1S/C19H36N4O5/c1-7-12(6)16(23-17(25)15(20)11(4)5)18(26)21-9-14(24)22-13(19(27)28)8-10(2)3/h10-13,15-16H,7-9,20H2,1-6H3,(H,21,26)(H,22,24)(H,23,25)(H,27,28). The van der Waals surface area contributed by atoms with Crippen LogP contribution in [-0.2, 0) is 19.2 Å². The fraction of sp³-hybridized carbons (Fsp3) is 0.789. The minimum absolute atomic E-state index is 0.0830. The topological polar surface area (TPSA) is 151 Å². The quantitative estimate of drug-likeness (QED) is 0.316. The molecular formula is C19H36N4O5. The van der Waals surface area contributed by atoms with Crippen LogP contribution in [-0.4, -0.2) is 53.5 Å². The summed E-state index contributed by atoms with van der Waals surface area (Å²) in [6, 6.07) is -2.59. The van der Waals surface area contributed by atoms with Crippen molar-refractivity contribution in [3.63, 3.8) is 0 Å². The van der Waals surface area contributed by atoms with Crippen LogP contribution < -0.4 is 21.7 Å². The van der Waals surface area contributed by atoms with Gasteiger partial charge in [-0.1, -0.05) is 48.0 Å². The minimum Gasteiger partial charge on any atom is -0.480 e. The molecule has 0 saturated carbocycles. The maximum absolute atomic E-state index is 12.5. The predicted molar refractivity (Wildman–Crippen MR) is 106 cm³/mol. The first kappa shape index (κ1) is 25.8. The van der Waals surface area contributed by atoms with Crippen LogP contribution >= 0.6 is 0 Å². The van der Waals surface area contributed by atoms with Crippen LogP contribution in [0.15, 0.2) is 0 Å². The number of nitrogens with one attached hydrogen (secondary N) is 3. The molecule has 9 nitrogen and oxygen atoms in total. The summed E-state index contributed by atoms with van der Waals surface area (Å²) in [5, 5.41) is 16.7. The van der Waals surface area contributed by atoms with Crippen LogP contribution in [0, 0.1) is 17.8 Å². The average molecular weight is 401 g/mol. The van der Waals surface area contributed by atoms with Gasteiger partial charge in [-0.25, -0.2) is 4.79 Å². The number of rotatable bonds is 12. The summed E-state index contributed by atoms with van der Waals surface area (Å²) in [4.78, 5) is 48.0. The van der Waals surface area contributed by atoms with Crippen LogP contribution in [0.4, 0.5) is 0 Å². The van der Waals surface area contributed by atoms with E-state index in [0.717, 1.165) is 0 Å². The van der Waals surface area contributed by atoms with Crippen LogP contribution in [0.1, 0.15) is 54.4 Å². The number of hydrogen-bond acceptors (Lipinski definition) is 5. The van der Waals surface area contributed by atoms with Crippen LogP contribution in [0.25, 0.3) is 0 Å². The van der Waals surface area contributed by atoms with Gasteiger partial charge >= 0.3 is 5.97 Å². The van der Waals surface area contributed by atoms with Crippen LogP contribution in [0.5, 0.6) is 0 Å². The molecule has 6 N–H and O–H groups in total. The first-order chi connectivity index (χ1) is 12.9. The maximum Gasteiger partial charge on any atom is 0.326 e. The SMILES string of the molecule is CCC(C)C(NC(=O)C(N)C(C)C)C(=O)NCC(=O)NC(CC(C)C)C(=O)O. The molecule has 4 unspecified atom stereocenters. The fourth-order valence-electron chi connectivity index (χ4n) is 2.47. The molecule has 4 atom stereocenters. The van der Waals surface area contributed by atoms with Crippen molar-refractivity contribution in [3.05, 3.63) is 0 Å². The molecule has 0 aromatic rings. The molecule has 0 aromatic heterocycles. The summed E-state index contributed by atoms with van der Waals surface area (Å²) < 4.78 is 0. The Morgan fingerprint density at radius 3 is 1.96 bits per heavy atom. The maximum atomic E-state index is 12.5. The molecule has 162 valence electrons. The summed E-state index contributed by atoms with van der Waals surface area (Å²) in [6.45, 7) is 10.6. The van der Waals surface area contributed by atoms with Crippen LogP contribution in [0.3, 0.4) is 0 Å². The van der Waals surface area contributed by atoms with Gasteiger partial charge in [-0.3, -0.25) is 14.4 Å². The van der Waals surface area contributed by atoms with Gasteiger partial charge in [0.25, 0.3) is 0 Å². The minimum atomic E-state index is -1.12. The van der Waals surface area contributed by atoms with Gasteiger partial charge in [0.2, 0.25) is 17.7 Å². The molecule has 0 spiro atoms. The molecule has 0 heterocycles. The van der Waals surface area contributed by atoms with Crippen molar-refractivity contribution in [2.45, 2.75) is 72.5 Å². The molecular weight excluding hydrogens is 364 g/mol. The van der Waals surface area contributed by atoms with E-state index in [9.17, 15) is 24.3 Å². The second-order valence-corrected chi connectivity index (χ2v) is 7.95. The van der Waals surface area contributed by atoms with Gasteiger partial charge in [0.1, 0.15) is 12.1 Å². The summed E-state index contributed by atoms with van der Waals surface area (Å²) in [6.07, 6.45) is 0.921. The van der Waals surface area contributed by atoms with Crippen molar-refractivity contribution in [3.8, 4) is 0 Å². The van der Waals surface area contributed by atoms with Crippen molar-refractivity contribution in [2.75, 3.05) is 6.54 Å². The van der Waals surface area contributed by atoms with Gasteiger partial charge in [0, 0.05) is 0 Å². The van der Waals surface area contributed by atoms with Gasteiger partial charge < -0.3 is 26.8 Å². The Kier molecular flexibility index (Phi) is 11.4. The molecule has 3 amide bonds. The Balaban J connectivity index is 4.88. The van der Waals surface area contributed by atoms with Gasteiger partial charge in [0.05, 0.1) is 12.6 Å². The van der Waals surface area contributed by atoms with Gasteiger partial charge in [0.15, 0.2) is 0 Å². The summed E-state index contributed by atoms with van der Waals surface area (Å²) in [5.41, 5.74) is 5.83. The van der Waals surface area contributed by atoms with E-state index < -0.39 is 41.8 Å². The Morgan fingerprint density at radius 2 is 1.54 bits per heavy atom.